The molecule has 0 aliphatic heterocycles. The smallest absolute Gasteiger partial charge is 0.0721 e. The molecule has 0 aliphatic rings. The fourth-order valence-corrected chi connectivity index (χ4v) is 1.12. The Labute approximate surface area is 79.7 Å². The van der Waals surface area contributed by atoms with Crippen molar-refractivity contribution in [2.24, 2.45) is 0 Å². The third-order valence-electron chi connectivity index (χ3n) is 2.10. The average Bonchev–Trinajstić information content (AvgIpc) is 2.16. The van der Waals surface area contributed by atoms with Gasteiger partial charge in [0.15, 0.2) is 0 Å². The molecule has 1 nitrogen and oxygen atoms in total. The second kappa shape index (κ2) is 4.83. The van der Waals surface area contributed by atoms with Gasteiger partial charge in [0, 0.05) is 0 Å². The van der Waals surface area contributed by atoms with Crippen LogP contribution >= 0.6 is 0 Å². The maximum absolute atomic E-state index is 9.32. The highest BCUT2D eigenvalue weighted by Crippen LogP contribution is 2.09. The molecule has 1 heteroatoms. The molecule has 1 aromatic carbocycles. The van der Waals surface area contributed by atoms with Gasteiger partial charge in [-0.2, -0.15) is 0 Å². The van der Waals surface area contributed by atoms with Crippen molar-refractivity contribution in [1.29, 1.82) is 0 Å². The molecule has 70 valence electrons. The Morgan fingerprint density at radius 3 is 2.69 bits per heavy atom. The monoisotopic (exact) mass is 176 g/mol. The fourth-order valence-electron chi connectivity index (χ4n) is 1.12. The number of hydrogen-bond acceptors (Lipinski definition) is 1. The summed E-state index contributed by atoms with van der Waals surface area (Å²) in [4.78, 5) is 0. The molecule has 1 rings (SSSR count). The Bertz CT molecular complexity index is 289. The molecular formula is C12H16O. The molecule has 0 unspecified atom stereocenters. The Morgan fingerprint density at radius 2 is 2.08 bits per heavy atom. The van der Waals surface area contributed by atoms with Crippen molar-refractivity contribution >= 4 is 6.08 Å². The van der Waals surface area contributed by atoms with Crippen LogP contribution in [0.25, 0.3) is 6.08 Å². The van der Waals surface area contributed by atoms with E-state index in [1.165, 1.54) is 11.1 Å². The minimum absolute atomic E-state index is 0.320. The molecule has 0 heterocycles. The molecule has 1 N–H and O–H groups in total. The zero-order valence-corrected chi connectivity index (χ0v) is 8.20. The Morgan fingerprint density at radius 1 is 1.38 bits per heavy atom. The summed E-state index contributed by atoms with van der Waals surface area (Å²) in [6.45, 7) is 4.03. The van der Waals surface area contributed by atoms with Crippen LogP contribution in [0.3, 0.4) is 0 Å². The van der Waals surface area contributed by atoms with E-state index >= 15 is 0 Å². The van der Waals surface area contributed by atoms with Crippen LogP contribution in [-0.2, 0) is 0 Å². The Hall–Kier alpha value is -1.08. The number of benzene rings is 1. The first-order valence-corrected chi connectivity index (χ1v) is 4.66. The minimum Gasteiger partial charge on any atom is -0.389 e. The fraction of sp³-hybridized carbons (Fsp3) is 0.333. The maximum Gasteiger partial charge on any atom is 0.0721 e. The highest BCUT2D eigenvalue weighted by atomic mass is 16.3. The highest BCUT2D eigenvalue weighted by molar-refractivity contribution is 5.53. The number of aliphatic hydroxyl groups excluding tert-OH is 1. The standard InChI is InChI=1S/C12H16O/c1-3-12(13)9-8-11-7-5-4-6-10(11)2/h4-9,12-13H,3H2,1-2H3/b9-8+/t12-/m1/s1. The quantitative estimate of drug-likeness (QED) is 0.750. The lowest BCUT2D eigenvalue weighted by atomic mass is 10.1. The summed E-state index contributed by atoms with van der Waals surface area (Å²) in [5.41, 5.74) is 2.41. The van der Waals surface area contributed by atoms with Gasteiger partial charge in [-0.1, -0.05) is 43.3 Å². The number of aliphatic hydroxyl groups is 1. The van der Waals surface area contributed by atoms with Gasteiger partial charge in [-0.25, -0.2) is 0 Å². The molecule has 0 fully saturated rings. The maximum atomic E-state index is 9.32. The lowest BCUT2D eigenvalue weighted by Gasteiger charge is -2.01. The predicted molar refractivity (Wildman–Crippen MR) is 56.5 cm³/mol. The van der Waals surface area contributed by atoms with Crippen LogP contribution in [-0.4, -0.2) is 11.2 Å². The summed E-state index contributed by atoms with van der Waals surface area (Å²) in [7, 11) is 0. The van der Waals surface area contributed by atoms with Gasteiger partial charge in [0.05, 0.1) is 6.10 Å². The van der Waals surface area contributed by atoms with Crippen LogP contribution in [0.2, 0.25) is 0 Å². The summed E-state index contributed by atoms with van der Waals surface area (Å²) < 4.78 is 0. The SMILES string of the molecule is CC[C@@H](O)/C=C/c1ccccc1C. The zero-order valence-electron chi connectivity index (χ0n) is 8.20. The number of aryl methyl sites for hydroxylation is 1. The van der Waals surface area contributed by atoms with Crippen molar-refractivity contribution in [3.05, 3.63) is 41.5 Å². The van der Waals surface area contributed by atoms with Gasteiger partial charge in [-0.15, -0.1) is 0 Å². The van der Waals surface area contributed by atoms with E-state index in [1.807, 2.05) is 37.3 Å². The number of rotatable bonds is 3. The summed E-state index contributed by atoms with van der Waals surface area (Å²) in [5.74, 6) is 0. The molecule has 1 aromatic rings. The van der Waals surface area contributed by atoms with E-state index in [9.17, 15) is 5.11 Å². The molecule has 0 bridgehead atoms. The van der Waals surface area contributed by atoms with E-state index in [-0.39, 0.29) is 6.10 Å². The van der Waals surface area contributed by atoms with Crippen molar-refractivity contribution in [2.75, 3.05) is 0 Å². The first kappa shape index (κ1) is 10.0. The van der Waals surface area contributed by atoms with Crippen molar-refractivity contribution in [2.45, 2.75) is 26.4 Å². The van der Waals surface area contributed by atoms with Gasteiger partial charge >= 0.3 is 0 Å². The lowest BCUT2D eigenvalue weighted by Crippen LogP contribution is -1.97. The molecule has 0 saturated carbocycles. The van der Waals surface area contributed by atoms with E-state index in [2.05, 4.69) is 13.0 Å². The zero-order chi connectivity index (χ0) is 9.68. The molecule has 0 spiro atoms. The third kappa shape index (κ3) is 3.03. The van der Waals surface area contributed by atoms with Crippen molar-refractivity contribution in [3.8, 4) is 0 Å². The van der Waals surface area contributed by atoms with Crippen LogP contribution in [0.1, 0.15) is 24.5 Å². The van der Waals surface area contributed by atoms with Crippen LogP contribution in [0.15, 0.2) is 30.3 Å². The lowest BCUT2D eigenvalue weighted by molar-refractivity contribution is 0.220. The normalized spacial score (nSPS) is 13.5. The van der Waals surface area contributed by atoms with Gasteiger partial charge in [0.1, 0.15) is 0 Å². The largest absolute Gasteiger partial charge is 0.389 e. The van der Waals surface area contributed by atoms with E-state index in [0.717, 1.165) is 6.42 Å². The first-order valence-electron chi connectivity index (χ1n) is 4.66. The van der Waals surface area contributed by atoms with Crippen LogP contribution in [0.5, 0.6) is 0 Å². The van der Waals surface area contributed by atoms with Crippen LogP contribution in [0, 0.1) is 6.92 Å². The van der Waals surface area contributed by atoms with Gasteiger partial charge < -0.3 is 5.11 Å². The second-order valence-corrected chi connectivity index (χ2v) is 3.19. The van der Waals surface area contributed by atoms with Crippen molar-refractivity contribution in [3.63, 3.8) is 0 Å². The topological polar surface area (TPSA) is 20.2 Å². The van der Waals surface area contributed by atoms with Gasteiger partial charge in [0.25, 0.3) is 0 Å². The van der Waals surface area contributed by atoms with Gasteiger partial charge in [-0.3, -0.25) is 0 Å². The molecule has 0 aromatic heterocycles. The molecular weight excluding hydrogens is 160 g/mol. The minimum atomic E-state index is -0.320. The first-order chi connectivity index (χ1) is 6.24. The van der Waals surface area contributed by atoms with E-state index < -0.39 is 0 Å². The van der Waals surface area contributed by atoms with Crippen LogP contribution in [0.4, 0.5) is 0 Å². The summed E-state index contributed by atoms with van der Waals surface area (Å²) in [6.07, 6.45) is 4.26. The van der Waals surface area contributed by atoms with Crippen molar-refractivity contribution < 1.29 is 5.11 Å². The molecule has 0 amide bonds. The third-order valence-corrected chi connectivity index (χ3v) is 2.10. The van der Waals surface area contributed by atoms with Crippen molar-refractivity contribution in [1.82, 2.24) is 0 Å². The highest BCUT2D eigenvalue weighted by Gasteiger charge is 1.94. The molecule has 0 aliphatic carbocycles. The van der Waals surface area contributed by atoms with E-state index in [0.29, 0.717) is 0 Å². The summed E-state index contributed by atoms with van der Waals surface area (Å²) >= 11 is 0. The average molecular weight is 176 g/mol. The number of hydrogen-bond donors (Lipinski definition) is 1. The molecule has 13 heavy (non-hydrogen) atoms. The Balaban J connectivity index is 2.74. The second-order valence-electron chi connectivity index (χ2n) is 3.19. The van der Waals surface area contributed by atoms with E-state index in [4.69, 9.17) is 0 Å². The van der Waals surface area contributed by atoms with E-state index in [1.54, 1.807) is 0 Å². The Kier molecular flexibility index (Phi) is 3.71. The van der Waals surface area contributed by atoms with Gasteiger partial charge in [-0.05, 0) is 24.5 Å². The molecule has 1 atom stereocenters. The molecule has 0 radical (unpaired) electrons. The molecule has 0 saturated heterocycles. The summed E-state index contributed by atoms with van der Waals surface area (Å²) in [5, 5.41) is 9.32. The predicted octanol–water partition coefficient (Wildman–Crippen LogP) is 2.78. The van der Waals surface area contributed by atoms with Gasteiger partial charge in [0.2, 0.25) is 0 Å². The van der Waals surface area contributed by atoms with Crippen LogP contribution < -0.4 is 0 Å². The summed E-state index contributed by atoms with van der Waals surface area (Å²) in [6, 6.07) is 8.14.